The molecule has 20 heavy (non-hydrogen) atoms. The highest BCUT2D eigenvalue weighted by Gasteiger charge is 2.11. The molecule has 0 aliphatic rings. The third-order valence-electron chi connectivity index (χ3n) is 2.35. The first-order chi connectivity index (χ1) is 9.43. The van der Waals surface area contributed by atoms with E-state index < -0.39 is 5.97 Å². The maximum absolute atomic E-state index is 11.8. The predicted octanol–water partition coefficient (Wildman–Crippen LogP) is 1.26. The molecule has 0 N–H and O–H groups in total. The van der Waals surface area contributed by atoms with Crippen LogP contribution in [-0.4, -0.2) is 63.7 Å². The van der Waals surface area contributed by atoms with Gasteiger partial charge in [0.25, 0.3) is 0 Å². The van der Waals surface area contributed by atoms with Crippen molar-refractivity contribution in [3.8, 4) is 0 Å². The Morgan fingerprint density at radius 2 is 1.70 bits per heavy atom. The smallest absolute Gasteiger partial charge is 0.338 e. The highest BCUT2D eigenvalue weighted by molar-refractivity contribution is 6.01. The van der Waals surface area contributed by atoms with E-state index in [-0.39, 0.29) is 0 Å². The zero-order valence-electron chi connectivity index (χ0n) is 12.5. The van der Waals surface area contributed by atoms with Crippen LogP contribution in [0.4, 0.5) is 0 Å². The van der Waals surface area contributed by atoms with Gasteiger partial charge in [0.15, 0.2) is 0 Å². The molecule has 0 saturated carbocycles. The highest BCUT2D eigenvalue weighted by Crippen LogP contribution is 2.11. The monoisotopic (exact) mass is 276 g/mol. The first kappa shape index (κ1) is 15.7. The lowest BCUT2D eigenvalue weighted by Crippen LogP contribution is -2.09. The summed E-state index contributed by atoms with van der Waals surface area (Å²) in [6.45, 7) is 0. The topological polar surface area (TPSA) is 57.5 Å². The highest BCUT2D eigenvalue weighted by atomic mass is 16.5. The van der Waals surface area contributed by atoms with Crippen LogP contribution in [0.25, 0.3) is 0 Å². The van der Waals surface area contributed by atoms with Gasteiger partial charge in [-0.1, -0.05) is 12.1 Å². The van der Waals surface area contributed by atoms with Crippen LogP contribution in [0.3, 0.4) is 0 Å². The summed E-state index contributed by atoms with van der Waals surface area (Å²) < 4.78 is 4.80. The first-order valence-corrected chi connectivity index (χ1v) is 6.09. The third kappa shape index (κ3) is 4.72. The van der Waals surface area contributed by atoms with Gasteiger partial charge in [0.05, 0.1) is 25.1 Å². The van der Waals surface area contributed by atoms with Gasteiger partial charge in [0, 0.05) is 33.8 Å². The summed E-state index contributed by atoms with van der Waals surface area (Å²) in [5, 5.41) is 11.6. The molecule has 0 aliphatic carbocycles. The van der Waals surface area contributed by atoms with E-state index in [1.165, 1.54) is 7.11 Å². The van der Waals surface area contributed by atoms with Gasteiger partial charge in [0.2, 0.25) is 0 Å². The predicted molar refractivity (Wildman–Crippen MR) is 80.3 cm³/mol. The number of esters is 1. The number of carbonyl (C=O) groups excluding carboxylic acids is 1. The molecule has 0 fully saturated rings. The van der Waals surface area contributed by atoms with E-state index in [1.807, 2.05) is 40.3 Å². The SMILES string of the molecule is COC(=O)c1cc(/C=N/N(C)C)ccc1/C=N/N(C)C. The molecule has 0 spiro atoms. The van der Waals surface area contributed by atoms with Crippen molar-refractivity contribution >= 4 is 18.4 Å². The number of ether oxygens (including phenoxy) is 1. The lowest BCUT2D eigenvalue weighted by atomic mass is 10.1. The van der Waals surface area contributed by atoms with E-state index in [2.05, 4.69) is 10.2 Å². The van der Waals surface area contributed by atoms with Crippen LogP contribution >= 0.6 is 0 Å². The summed E-state index contributed by atoms with van der Waals surface area (Å²) in [7, 11) is 8.64. The second kappa shape index (κ2) is 7.28. The summed E-state index contributed by atoms with van der Waals surface area (Å²) in [6, 6.07) is 5.42. The van der Waals surface area contributed by atoms with Gasteiger partial charge in [-0.15, -0.1) is 0 Å². The molecule has 0 saturated heterocycles. The van der Waals surface area contributed by atoms with Crippen LogP contribution in [0.15, 0.2) is 28.4 Å². The number of carbonyl (C=O) groups is 1. The van der Waals surface area contributed by atoms with Crippen molar-refractivity contribution in [3.63, 3.8) is 0 Å². The molecule has 0 amide bonds. The molecule has 0 bridgehead atoms. The Bertz CT molecular complexity index is 522. The van der Waals surface area contributed by atoms with Crippen LogP contribution in [0.2, 0.25) is 0 Å². The molecule has 1 aromatic carbocycles. The molecule has 1 aromatic rings. The minimum Gasteiger partial charge on any atom is -0.465 e. The van der Waals surface area contributed by atoms with Crippen LogP contribution in [0, 0.1) is 0 Å². The molecule has 0 unspecified atom stereocenters. The maximum Gasteiger partial charge on any atom is 0.338 e. The number of hydrogen-bond donors (Lipinski definition) is 0. The van der Waals surface area contributed by atoms with Crippen molar-refractivity contribution < 1.29 is 9.53 Å². The largest absolute Gasteiger partial charge is 0.465 e. The molecule has 108 valence electrons. The molecular weight excluding hydrogens is 256 g/mol. The number of benzene rings is 1. The molecular formula is C14H20N4O2. The molecule has 6 nitrogen and oxygen atoms in total. The fourth-order valence-electron chi connectivity index (χ4n) is 1.41. The Morgan fingerprint density at radius 3 is 2.25 bits per heavy atom. The maximum atomic E-state index is 11.8. The summed E-state index contributed by atoms with van der Waals surface area (Å²) in [5.74, 6) is -0.398. The minimum absolute atomic E-state index is 0.398. The Labute approximate surface area is 119 Å². The number of nitrogens with zero attached hydrogens (tertiary/aromatic N) is 4. The number of hydrogen-bond acceptors (Lipinski definition) is 6. The minimum atomic E-state index is -0.398. The van der Waals surface area contributed by atoms with Crippen molar-refractivity contribution in [2.24, 2.45) is 10.2 Å². The molecule has 0 atom stereocenters. The average Bonchev–Trinajstić information content (AvgIpc) is 2.42. The van der Waals surface area contributed by atoms with E-state index in [1.54, 1.807) is 28.5 Å². The van der Waals surface area contributed by atoms with Gasteiger partial charge in [-0.05, 0) is 11.6 Å². The Morgan fingerprint density at radius 1 is 1.10 bits per heavy atom. The Balaban J connectivity index is 3.16. The summed E-state index contributed by atoms with van der Waals surface area (Å²) in [4.78, 5) is 11.8. The Kier molecular flexibility index (Phi) is 5.71. The van der Waals surface area contributed by atoms with Gasteiger partial charge in [0.1, 0.15) is 0 Å². The number of hydrazone groups is 2. The zero-order valence-corrected chi connectivity index (χ0v) is 12.5. The van der Waals surface area contributed by atoms with Crippen LogP contribution in [0.1, 0.15) is 21.5 Å². The summed E-state index contributed by atoms with van der Waals surface area (Å²) in [5.41, 5.74) is 1.98. The van der Waals surface area contributed by atoms with Gasteiger partial charge in [-0.2, -0.15) is 10.2 Å². The van der Waals surface area contributed by atoms with Crippen molar-refractivity contribution in [1.29, 1.82) is 0 Å². The second-order valence-corrected chi connectivity index (χ2v) is 4.52. The van der Waals surface area contributed by atoms with Gasteiger partial charge < -0.3 is 14.8 Å². The van der Waals surface area contributed by atoms with Crippen LogP contribution in [0.5, 0.6) is 0 Å². The third-order valence-corrected chi connectivity index (χ3v) is 2.35. The molecule has 0 heterocycles. The van der Waals surface area contributed by atoms with Gasteiger partial charge in [-0.25, -0.2) is 4.79 Å². The molecule has 0 aromatic heterocycles. The van der Waals surface area contributed by atoms with Crippen molar-refractivity contribution in [1.82, 2.24) is 10.0 Å². The van der Waals surface area contributed by atoms with E-state index in [4.69, 9.17) is 4.74 Å². The molecule has 1 rings (SSSR count). The summed E-state index contributed by atoms with van der Waals surface area (Å²) >= 11 is 0. The standard InChI is InChI=1S/C14H20N4O2/c1-17(2)15-9-11-6-7-12(10-16-18(3)4)13(8-11)14(19)20-5/h6-10H,1-5H3/b15-9+,16-10+. The van der Waals surface area contributed by atoms with Crippen molar-refractivity contribution in [2.75, 3.05) is 35.3 Å². The fourth-order valence-corrected chi connectivity index (χ4v) is 1.41. The number of rotatable bonds is 5. The van der Waals surface area contributed by atoms with Crippen molar-refractivity contribution in [3.05, 3.63) is 34.9 Å². The average molecular weight is 276 g/mol. The normalized spacial score (nSPS) is 11.1. The lowest BCUT2D eigenvalue weighted by Gasteiger charge is -2.08. The fraction of sp³-hybridized carbons (Fsp3) is 0.357. The van der Waals surface area contributed by atoms with Gasteiger partial charge >= 0.3 is 5.97 Å². The molecule has 6 heteroatoms. The first-order valence-electron chi connectivity index (χ1n) is 6.09. The molecule has 0 aliphatic heterocycles. The Hall–Kier alpha value is -2.37. The van der Waals surface area contributed by atoms with Crippen molar-refractivity contribution in [2.45, 2.75) is 0 Å². The van der Waals surface area contributed by atoms with E-state index in [0.29, 0.717) is 11.1 Å². The van der Waals surface area contributed by atoms with E-state index in [0.717, 1.165) is 5.56 Å². The van der Waals surface area contributed by atoms with E-state index in [9.17, 15) is 4.79 Å². The van der Waals surface area contributed by atoms with Gasteiger partial charge in [-0.3, -0.25) is 0 Å². The van der Waals surface area contributed by atoms with E-state index >= 15 is 0 Å². The second-order valence-electron chi connectivity index (χ2n) is 4.52. The van der Waals surface area contributed by atoms with Crippen LogP contribution in [-0.2, 0) is 4.74 Å². The zero-order chi connectivity index (χ0) is 15.1. The lowest BCUT2D eigenvalue weighted by molar-refractivity contribution is 0.0600. The number of methoxy groups -OCH3 is 1. The summed E-state index contributed by atoms with van der Waals surface area (Å²) in [6.07, 6.45) is 3.30. The van der Waals surface area contributed by atoms with Crippen LogP contribution < -0.4 is 0 Å². The molecule has 0 radical (unpaired) electrons. The quantitative estimate of drug-likeness (QED) is 0.461.